The highest BCUT2D eigenvalue weighted by molar-refractivity contribution is 5.99. The molecule has 0 bridgehead atoms. The standard InChI is InChI=1S/C16H20N2O2/c1-4-10-18-14(19)13(17-15(20)16(18,2)3)11-12-8-6-5-7-9-12/h4-9,13H,1,10-11H2,2-3H3,(H,17,20). The quantitative estimate of drug-likeness (QED) is 0.845. The van der Waals surface area contributed by atoms with E-state index in [2.05, 4.69) is 11.9 Å². The fourth-order valence-corrected chi connectivity index (χ4v) is 2.42. The van der Waals surface area contributed by atoms with E-state index in [4.69, 9.17) is 0 Å². The van der Waals surface area contributed by atoms with Crippen molar-refractivity contribution in [2.75, 3.05) is 6.54 Å². The van der Waals surface area contributed by atoms with Gasteiger partial charge in [-0.3, -0.25) is 9.59 Å². The summed E-state index contributed by atoms with van der Waals surface area (Å²) in [5.41, 5.74) is 0.197. The van der Waals surface area contributed by atoms with E-state index in [0.29, 0.717) is 13.0 Å². The van der Waals surface area contributed by atoms with Crippen molar-refractivity contribution in [2.24, 2.45) is 0 Å². The molecular formula is C16H20N2O2. The van der Waals surface area contributed by atoms with Crippen LogP contribution >= 0.6 is 0 Å². The minimum absolute atomic E-state index is 0.0571. The van der Waals surface area contributed by atoms with Crippen molar-refractivity contribution >= 4 is 11.8 Å². The summed E-state index contributed by atoms with van der Waals surface area (Å²) in [5, 5.41) is 2.83. The first-order valence-electron chi connectivity index (χ1n) is 6.74. The third-order valence-corrected chi connectivity index (χ3v) is 3.69. The van der Waals surface area contributed by atoms with Gasteiger partial charge in [-0.15, -0.1) is 6.58 Å². The smallest absolute Gasteiger partial charge is 0.246 e. The molecule has 106 valence electrons. The molecule has 1 aliphatic heterocycles. The highest BCUT2D eigenvalue weighted by Gasteiger charge is 2.45. The average Bonchev–Trinajstić information content (AvgIpc) is 2.42. The van der Waals surface area contributed by atoms with E-state index in [9.17, 15) is 9.59 Å². The van der Waals surface area contributed by atoms with Crippen LogP contribution in [0.15, 0.2) is 43.0 Å². The van der Waals surface area contributed by atoms with Crippen molar-refractivity contribution in [3.05, 3.63) is 48.6 Å². The van der Waals surface area contributed by atoms with Gasteiger partial charge in [-0.25, -0.2) is 0 Å². The third kappa shape index (κ3) is 2.59. The van der Waals surface area contributed by atoms with Crippen LogP contribution in [-0.4, -0.2) is 34.8 Å². The molecule has 1 aliphatic rings. The van der Waals surface area contributed by atoms with E-state index in [1.54, 1.807) is 24.8 Å². The van der Waals surface area contributed by atoms with Gasteiger partial charge in [0, 0.05) is 13.0 Å². The van der Waals surface area contributed by atoms with Crippen LogP contribution < -0.4 is 5.32 Å². The lowest BCUT2D eigenvalue weighted by Gasteiger charge is -2.43. The first-order chi connectivity index (χ1) is 9.46. The highest BCUT2D eigenvalue weighted by atomic mass is 16.2. The zero-order chi connectivity index (χ0) is 14.8. The molecule has 2 amide bonds. The number of carbonyl (C=O) groups is 2. The molecule has 2 rings (SSSR count). The maximum Gasteiger partial charge on any atom is 0.246 e. The van der Waals surface area contributed by atoms with Crippen LogP contribution in [-0.2, 0) is 16.0 Å². The number of amides is 2. The molecule has 0 saturated carbocycles. The van der Waals surface area contributed by atoms with Crippen LogP contribution in [0.4, 0.5) is 0 Å². The van der Waals surface area contributed by atoms with Crippen molar-refractivity contribution in [1.29, 1.82) is 0 Å². The summed E-state index contributed by atoms with van der Waals surface area (Å²) >= 11 is 0. The van der Waals surface area contributed by atoms with E-state index in [1.807, 2.05) is 30.3 Å². The molecule has 1 unspecified atom stereocenters. The summed E-state index contributed by atoms with van der Waals surface area (Å²) < 4.78 is 0. The molecule has 1 atom stereocenters. The first kappa shape index (κ1) is 14.3. The van der Waals surface area contributed by atoms with E-state index in [1.165, 1.54) is 0 Å². The Balaban J connectivity index is 2.21. The Morgan fingerprint density at radius 3 is 2.55 bits per heavy atom. The van der Waals surface area contributed by atoms with Gasteiger partial charge < -0.3 is 10.2 Å². The van der Waals surface area contributed by atoms with E-state index in [0.717, 1.165) is 5.56 Å². The molecule has 1 heterocycles. The molecule has 0 spiro atoms. The van der Waals surface area contributed by atoms with Crippen molar-refractivity contribution in [3.63, 3.8) is 0 Å². The summed E-state index contributed by atoms with van der Waals surface area (Å²) in [7, 11) is 0. The average molecular weight is 272 g/mol. The largest absolute Gasteiger partial charge is 0.342 e. The van der Waals surface area contributed by atoms with Gasteiger partial charge in [0.25, 0.3) is 0 Å². The lowest BCUT2D eigenvalue weighted by molar-refractivity contribution is -0.154. The fourth-order valence-electron chi connectivity index (χ4n) is 2.42. The monoisotopic (exact) mass is 272 g/mol. The summed E-state index contributed by atoms with van der Waals surface area (Å²) in [6, 6.07) is 9.19. The van der Waals surface area contributed by atoms with Gasteiger partial charge in [-0.05, 0) is 19.4 Å². The summed E-state index contributed by atoms with van der Waals surface area (Å²) in [6.07, 6.45) is 2.16. The number of nitrogens with zero attached hydrogens (tertiary/aromatic N) is 1. The van der Waals surface area contributed by atoms with Crippen LogP contribution in [0.3, 0.4) is 0 Å². The van der Waals surface area contributed by atoms with Gasteiger partial charge in [0.1, 0.15) is 11.6 Å². The van der Waals surface area contributed by atoms with Crippen LogP contribution in [0.5, 0.6) is 0 Å². The molecule has 1 aromatic rings. The maximum atomic E-state index is 12.5. The third-order valence-electron chi connectivity index (χ3n) is 3.69. The molecule has 0 aliphatic carbocycles. The molecule has 4 heteroatoms. The molecule has 20 heavy (non-hydrogen) atoms. The molecule has 0 aromatic heterocycles. The Bertz CT molecular complexity index is 523. The zero-order valence-electron chi connectivity index (χ0n) is 11.9. The van der Waals surface area contributed by atoms with E-state index >= 15 is 0 Å². The molecule has 1 saturated heterocycles. The highest BCUT2D eigenvalue weighted by Crippen LogP contribution is 2.22. The van der Waals surface area contributed by atoms with Gasteiger partial charge in [0.2, 0.25) is 11.8 Å². The molecule has 4 nitrogen and oxygen atoms in total. The maximum absolute atomic E-state index is 12.5. The van der Waals surface area contributed by atoms with Gasteiger partial charge >= 0.3 is 0 Å². The SMILES string of the molecule is C=CCN1C(=O)C(Cc2ccccc2)NC(=O)C1(C)C. The molecule has 1 aromatic carbocycles. The lowest BCUT2D eigenvalue weighted by atomic mass is 9.93. The second-order valence-corrected chi connectivity index (χ2v) is 5.51. The number of nitrogens with one attached hydrogen (secondary N) is 1. The minimum Gasteiger partial charge on any atom is -0.342 e. The Morgan fingerprint density at radius 1 is 1.30 bits per heavy atom. The van der Waals surface area contributed by atoms with E-state index in [-0.39, 0.29) is 11.8 Å². The predicted octanol–water partition coefficient (Wildman–Crippen LogP) is 1.52. The Kier molecular flexibility index (Phi) is 3.93. The molecular weight excluding hydrogens is 252 g/mol. The van der Waals surface area contributed by atoms with Crippen LogP contribution in [0.25, 0.3) is 0 Å². The number of carbonyl (C=O) groups excluding carboxylic acids is 2. The van der Waals surface area contributed by atoms with Crippen LogP contribution in [0, 0.1) is 0 Å². The number of benzene rings is 1. The van der Waals surface area contributed by atoms with Gasteiger partial charge in [-0.2, -0.15) is 0 Å². The summed E-state index contributed by atoms with van der Waals surface area (Å²) in [6.45, 7) is 7.55. The topological polar surface area (TPSA) is 49.4 Å². The summed E-state index contributed by atoms with van der Waals surface area (Å²) in [4.78, 5) is 26.3. The predicted molar refractivity (Wildman–Crippen MR) is 78.1 cm³/mol. The number of hydrogen-bond acceptors (Lipinski definition) is 2. The number of piperazine rings is 1. The second-order valence-electron chi connectivity index (χ2n) is 5.51. The Labute approximate surface area is 119 Å². The number of rotatable bonds is 4. The van der Waals surface area contributed by atoms with Gasteiger partial charge in [-0.1, -0.05) is 36.4 Å². The summed E-state index contributed by atoms with van der Waals surface area (Å²) in [5.74, 6) is -0.182. The molecule has 1 N–H and O–H groups in total. The van der Waals surface area contributed by atoms with Crippen LogP contribution in [0.1, 0.15) is 19.4 Å². The van der Waals surface area contributed by atoms with Gasteiger partial charge in [0.05, 0.1) is 0 Å². The van der Waals surface area contributed by atoms with Gasteiger partial charge in [0.15, 0.2) is 0 Å². The van der Waals surface area contributed by atoms with Crippen molar-refractivity contribution in [1.82, 2.24) is 10.2 Å². The van der Waals surface area contributed by atoms with Crippen molar-refractivity contribution in [2.45, 2.75) is 31.8 Å². The Hall–Kier alpha value is -2.10. The Morgan fingerprint density at radius 2 is 1.95 bits per heavy atom. The lowest BCUT2D eigenvalue weighted by Crippen LogP contribution is -2.68. The second kappa shape index (κ2) is 5.49. The van der Waals surface area contributed by atoms with E-state index < -0.39 is 11.6 Å². The van der Waals surface area contributed by atoms with Crippen molar-refractivity contribution < 1.29 is 9.59 Å². The molecule has 1 fully saturated rings. The number of hydrogen-bond donors (Lipinski definition) is 1. The minimum atomic E-state index is -0.835. The zero-order valence-corrected chi connectivity index (χ0v) is 11.9. The fraction of sp³-hybridized carbons (Fsp3) is 0.375. The van der Waals surface area contributed by atoms with Crippen molar-refractivity contribution in [3.8, 4) is 0 Å². The van der Waals surface area contributed by atoms with Crippen LogP contribution in [0.2, 0.25) is 0 Å². The normalized spacial score (nSPS) is 21.5. The first-order valence-corrected chi connectivity index (χ1v) is 6.74. The molecule has 0 radical (unpaired) electrons.